The molecule has 0 saturated carbocycles. The zero-order valence-corrected chi connectivity index (χ0v) is 15.4. The van der Waals surface area contributed by atoms with E-state index in [9.17, 15) is 4.79 Å². The molecule has 0 bridgehead atoms. The van der Waals surface area contributed by atoms with Crippen molar-refractivity contribution in [1.82, 2.24) is 4.90 Å². The molecule has 1 saturated heterocycles. The molecule has 1 aliphatic rings. The molecular weight excluding hydrogens is 368 g/mol. The second-order valence-corrected chi connectivity index (χ2v) is 7.80. The molecule has 6 heteroatoms. The van der Waals surface area contributed by atoms with Crippen LogP contribution in [-0.4, -0.2) is 39.9 Å². The van der Waals surface area contributed by atoms with Crippen molar-refractivity contribution in [2.75, 3.05) is 19.3 Å². The second kappa shape index (κ2) is 6.67. The quantitative estimate of drug-likeness (QED) is 0.808. The largest absolute Gasteiger partial charge is 0.392 e. The van der Waals surface area contributed by atoms with Gasteiger partial charge in [-0.3, -0.25) is 4.79 Å². The van der Waals surface area contributed by atoms with E-state index in [0.717, 1.165) is 28.4 Å². The molecule has 0 atom stereocenters. The molecule has 2 N–H and O–H groups in total. The highest BCUT2D eigenvalue weighted by Crippen LogP contribution is 2.35. The van der Waals surface area contributed by atoms with E-state index >= 15 is 0 Å². The summed E-state index contributed by atoms with van der Waals surface area (Å²) in [6, 6.07) is 5.72. The smallest absolute Gasteiger partial charge is 0.253 e. The first kappa shape index (κ1) is 16.8. The van der Waals surface area contributed by atoms with Gasteiger partial charge >= 0.3 is 0 Å². The second-order valence-electron chi connectivity index (χ2n) is 5.32. The minimum atomic E-state index is -0.151. The molecule has 1 aromatic carbocycles. The highest BCUT2D eigenvalue weighted by Gasteiger charge is 2.37. The van der Waals surface area contributed by atoms with E-state index in [4.69, 9.17) is 18.0 Å². The summed E-state index contributed by atoms with van der Waals surface area (Å²) in [5, 5.41) is 0. The lowest BCUT2D eigenvalue weighted by molar-refractivity contribution is 0.0719. The molecule has 0 aliphatic carbocycles. The molecule has 1 fully saturated rings. The monoisotopic (exact) mass is 386 g/mol. The number of benzene rings is 1. The van der Waals surface area contributed by atoms with Crippen molar-refractivity contribution >= 4 is 50.8 Å². The lowest BCUT2D eigenvalue weighted by atomic mass is 9.95. The Bertz CT molecular complexity index is 569. The van der Waals surface area contributed by atoms with Gasteiger partial charge in [0.05, 0.1) is 9.74 Å². The highest BCUT2D eigenvalue weighted by atomic mass is 79.9. The lowest BCUT2D eigenvalue weighted by Crippen LogP contribution is -2.50. The third-order valence-corrected chi connectivity index (χ3v) is 6.92. The van der Waals surface area contributed by atoms with Crippen molar-refractivity contribution in [3.05, 3.63) is 33.8 Å². The van der Waals surface area contributed by atoms with Crippen LogP contribution in [0.2, 0.25) is 0 Å². The molecule has 114 valence electrons. The Morgan fingerprint density at radius 1 is 1.43 bits per heavy atom. The molecule has 0 aromatic heterocycles. The van der Waals surface area contributed by atoms with Crippen LogP contribution >= 0.6 is 39.9 Å². The number of rotatable bonds is 3. The average molecular weight is 387 g/mol. The van der Waals surface area contributed by atoms with Gasteiger partial charge in [0.25, 0.3) is 5.91 Å². The van der Waals surface area contributed by atoms with Gasteiger partial charge in [0, 0.05) is 23.1 Å². The van der Waals surface area contributed by atoms with Gasteiger partial charge in [-0.25, -0.2) is 0 Å². The fraction of sp³-hybridized carbons (Fsp3) is 0.467. The number of piperidine rings is 1. The fourth-order valence-electron chi connectivity index (χ4n) is 2.58. The Hall–Kier alpha value is -0.590. The van der Waals surface area contributed by atoms with Gasteiger partial charge < -0.3 is 10.6 Å². The molecule has 1 aromatic rings. The van der Waals surface area contributed by atoms with E-state index < -0.39 is 0 Å². The Morgan fingerprint density at radius 3 is 2.52 bits per heavy atom. The molecule has 0 spiro atoms. The van der Waals surface area contributed by atoms with Crippen molar-refractivity contribution in [2.45, 2.75) is 24.5 Å². The first-order valence-electron chi connectivity index (χ1n) is 6.80. The molecule has 21 heavy (non-hydrogen) atoms. The average Bonchev–Trinajstić information content (AvgIpc) is 2.49. The summed E-state index contributed by atoms with van der Waals surface area (Å²) in [7, 11) is 0. The number of amides is 1. The highest BCUT2D eigenvalue weighted by molar-refractivity contribution is 9.10. The maximum atomic E-state index is 12.6. The van der Waals surface area contributed by atoms with Crippen LogP contribution in [0.5, 0.6) is 0 Å². The number of nitrogens with two attached hydrogens (primary N) is 1. The maximum absolute atomic E-state index is 12.6. The summed E-state index contributed by atoms with van der Waals surface area (Å²) in [6.07, 6.45) is 3.68. The van der Waals surface area contributed by atoms with Gasteiger partial charge in [0.15, 0.2) is 0 Å². The number of halogens is 1. The minimum absolute atomic E-state index is 0.0863. The van der Waals surface area contributed by atoms with Crippen LogP contribution in [0.1, 0.15) is 28.8 Å². The Balaban J connectivity index is 2.09. The van der Waals surface area contributed by atoms with Crippen LogP contribution in [0.3, 0.4) is 0 Å². The number of carbonyl (C=O) groups excluding carboxylic acids is 1. The SMILES string of the molecule is CSC1(C(N)=S)CCN(C(=O)c2ccc(Br)c(C)c2)CC1. The minimum Gasteiger partial charge on any atom is -0.392 e. The van der Waals surface area contributed by atoms with E-state index in [0.29, 0.717) is 18.1 Å². The molecular formula is C15H19BrN2OS2. The van der Waals surface area contributed by atoms with Crippen molar-refractivity contribution < 1.29 is 4.79 Å². The number of aryl methyl sites for hydroxylation is 1. The van der Waals surface area contributed by atoms with Crippen molar-refractivity contribution in [1.29, 1.82) is 0 Å². The zero-order valence-electron chi connectivity index (χ0n) is 12.2. The van der Waals surface area contributed by atoms with Crippen LogP contribution in [0.15, 0.2) is 22.7 Å². The summed E-state index contributed by atoms with van der Waals surface area (Å²) < 4.78 is 0.870. The maximum Gasteiger partial charge on any atom is 0.253 e. The zero-order chi connectivity index (χ0) is 15.6. The predicted octanol–water partition coefficient (Wildman–Crippen LogP) is 3.38. The standard InChI is InChI=1S/C15H19BrN2OS2/c1-10-9-11(3-4-12(10)16)13(19)18-7-5-15(21-2,6-8-18)14(17)20/h3-4,9H,5-8H2,1-2H3,(H2,17,20). The van der Waals surface area contributed by atoms with Crippen molar-refractivity contribution in [3.63, 3.8) is 0 Å². The van der Waals surface area contributed by atoms with Crippen LogP contribution in [0.25, 0.3) is 0 Å². The fourth-order valence-corrected chi connectivity index (χ4v) is 4.08. The number of thiocarbonyl (C=S) groups is 1. The van der Waals surface area contributed by atoms with Gasteiger partial charge in [0.1, 0.15) is 0 Å². The molecule has 2 rings (SSSR count). The topological polar surface area (TPSA) is 46.3 Å². The normalized spacial score (nSPS) is 17.6. The Kier molecular flexibility index (Phi) is 5.33. The van der Waals surface area contributed by atoms with Crippen molar-refractivity contribution in [2.24, 2.45) is 5.73 Å². The van der Waals surface area contributed by atoms with Gasteiger partial charge in [0.2, 0.25) is 0 Å². The van der Waals surface area contributed by atoms with Crippen molar-refractivity contribution in [3.8, 4) is 0 Å². The summed E-state index contributed by atoms with van der Waals surface area (Å²) >= 11 is 10.4. The van der Waals surface area contributed by atoms with E-state index in [1.807, 2.05) is 36.3 Å². The first-order valence-corrected chi connectivity index (χ1v) is 9.23. The van der Waals surface area contributed by atoms with E-state index in [1.54, 1.807) is 11.8 Å². The lowest BCUT2D eigenvalue weighted by Gasteiger charge is -2.40. The number of hydrogen-bond donors (Lipinski definition) is 1. The molecule has 3 nitrogen and oxygen atoms in total. The number of carbonyl (C=O) groups is 1. The number of likely N-dealkylation sites (tertiary alicyclic amines) is 1. The van der Waals surface area contributed by atoms with Crippen LogP contribution in [0.4, 0.5) is 0 Å². The third-order valence-electron chi connectivity index (χ3n) is 4.10. The van der Waals surface area contributed by atoms with E-state index in [1.165, 1.54) is 0 Å². The molecule has 1 amide bonds. The number of hydrogen-bond acceptors (Lipinski definition) is 3. The van der Waals surface area contributed by atoms with E-state index in [2.05, 4.69) is 15.9 Å². The third kappa shape index (κ3) is 3.43. The van der Waals surface area contributed by atoms with Gasteiger partial charge in [-0.05, 0) is 49.8 Å². The molecule has 0 radical (unpaired) electrons. The molecule has 1 heterocycles. The van der Waals surface area contributed by atoms with Gasteiger partial charge in [-0.1, -0.05) is 28.1 Å². The number of nitrogens with zero attached hydrogens (tertiary/aromatic N) is 1. The molecule has 1 aliphatic heterocycles. The first-order chi connectivity index (χ1) is 9.89. The molecule has 0 unspecified atom stereocenters. The predicted molar refractivity (Wildman–Crippen MR) is 97.0 cm³/mol. The Labute approximate surface area is 143 Å². The van der Waals surface area contributed by atoms with Crippen LogP contribution in [-0.2, 0) is 0 Å². The summed E-state index contributed by atoms with van der Waals surface area (Å²) in [5.41, 5.74) is 7.69. The summed E-state index contributed by atoms with van der Waals surface area (Å²) in [6.45, 7) is 3.39. The summed E-state index contributed by atoms with van der Waals surface area (Å²) in [5.74, 6) is 0.0863. The number of thioether (sulfide) groups is 1. The van der Waals surface area contributed by atoms with Crippen LogP contribution in [0, 0.1) is 6.92 Å². The van der Waals surface area contributed by atoms with Gasteiger partial charge in [-0.2, -0.15) is 11.8 Å². The Morgan fingerprint density at radius 2 is 2.05 bits per heavy atom. The van der Waals surface area contributed by atoms with E-state index in [-0.39, 0.29) is 10.7 Å². The van der Waals surface area contributed by atoms with Gasteiger partial charge in [-0.15, -0.1) is 0 Å². The summed E-state index contributed by atoms with van der Waals surface area (Å²) in [4.78, 5) is 15.0. The van der Waals surface area contributed by atoms with Crippen LogP contribution < -0.4 is 5.73 Å².